The molecule has 7 heteroatoms. The molecule has 0 amide bonds. The third-order valence-corrected chi connectivity index (χ3v) is 7.36. The van der Waals surface area contributed by atoms with Gasteiger partial charge in [-0.05, 0) is 48.9 Å². The second-order valence-electron chi connectivity index (χ2n) is 5.85. The Morgan fingerprint density at radius 3 is 2.58 bits per heavy atom. The Morgan fingerprint density at radius 2 is 1.96 bits per heavy atom. The van der Waals surface area contributed by atoms with E-state index in [2.05, 4.69) is 0 Å². The van der Waals surface area contributed by atoms with Crippen LogP contribution in [0.25, 0.3) is 0 Å². The Kier molecular flexibility index (Phi) is 5.03. The molecule has 0 spiro atoms. The maximum absolute atomic E-state index is 12.5. The quantitative estimate of drug-likeness (QED) is 0.617. The number of hydrogen-bond acceptors (Lipinski definition) is 5. The van der Waals surface area contributed by atoms with Crippen LogP contribution in [0, 0.1) is 12.8 Å². The molecule has 5 nitrogen and oxygen atoms in total. The summed E-state index contributed by atoms with van der Waals surface area (Å²) in [6, 6.07) is 10.7. The van der Waals surface area contributed by atoms with Crippen molar-refractivity contribution in [3.8, 4) is 5.75 Å². The lowest BCUT2D eigenvalue weighted by Gasteiger charge is -2.29. The van der Waals surface area contributed by atoms with Crippen LogP contribution in [-0.4, -0.2) is 31.8 Å². The average molecular weight is 365 g/mol. The van der Waals surface area contributed by atoms with Crippen LogP contribution in [0.2, 0.25) is 0 Å². The number of hydrogen-bond donors (Lipinski definition) is 0. The van der Waals surface area contributed by atoms with E-state index in [1.54, 1.807) is 23.6 Å². The van der Waals surface area contributed by atoms with Gasteiger partial charge in [-0.3, -0.25) is 4.79 Å². The monoisotopic (exact) mass is 365 g/mol. The SMILES string of the molecule is Cc1cccc(OC(=O)C2CCN(S(=O)(=O)c3cccs3)CC2)c1. The molecule has 2 aromatic rings. The van der Waals surface area contributed by atoms with E-state index in [9.17, 15) is 13.2 Å². The molecule has 0 saturated carbocycles. The van der Waals surface area contributed by atoms with Crippen molar-refractivity contribution >= 4 is 27.3 Å². The number of rotatable bonds is 4. The molecule has 0 atom stereocenters. The van der Waals surface area contributed by atoms with E-state index >= 15 is 0 Å². The predicted octanol–water partition coefficient (Wildman–Crippen LogP) is 3.06. The number of ether oxygens (including phenoxy) is 1. The number of piperidine rings is 1. The molecule has 0 aliphatic carbocycles. The highest BCUT2D eigenvalue weighted by atomic mass is 32.2. The Balaban J connectivity index is 1.60. The van der Waals surface area contributed by atoms with Gasteiger partial charge in [-0.25, -0.2) is 8.42 Å². The molecule has 0 bridgehead atoms. The summed E-state index contributed by atoms with van der Waals surface area (Å²) in [5.41, 5.74) is 1.03. The number of esters is 1. The van der Waals surface area contributed by atoms with Crippen molar-refractivity contribution in [2.45, 2.75) is 24.0 Å². The zero-order valence-electron chi connectivity index (χ0n) is 13.3. The normalized spacial score (nSPS) is 16.9. The Hall–Kier alpha value is -1.70. The molecule has 0 radical (unpaired) electrons. The summed E-state index contributed by atoms with van der Waals surface area (Å²) in [6.45, 7) is 2.62. The van der Waals surface area contributed by atoms with Crippen LogP contribution in [0.15, 0.2) is 46.0 Å². The average Bonchev–Trinajstić information content (AvgIpc) is 3.10. The van der Waals surface area contributed by atoms with Gasteiger partial charge >= 0.3 is 5.97 Å². The molecule has 0 unspecified atom stereocenters. The Bertz CT molecular complexity index is 807. The number of sulfonamides is 1. The summed E-state index contributed by atoms with van der Waals surface area (Å²) in [7, 11) is -3.43. The van der Waals surface area contributed by atoms with E-state index in [4.69, 9.17) is 4.74 Å². The zero-order chi connectivity index (χ0) is 17.2. The van der Waals surface area contributed by atoms with Crippen molar-refractivity contribution in [1.82, 2.24) is 4.31 Å². The minimum Gasteiger partial charge on any atom is -0.426 e. The number of carbonyl (C=O) groups is 1. The topological polar surface area (TPSA) is 63.7 Å². The molecular formula is C17H19NO4S2. The highest BCUT2D eigenvalue weighted by Crippen LogP contribution is 2.27. The van der Waals surface area contributed by atoms with E-state index in [0.717, 1.165) is 5.56 Å². The van der Waals surface area contributed by atoms with Gasteiger partial charge in [0.1, 0.15) is 9.96 Å². The highest BCUT2D eigenvalue weighted by Gasteiger charge is 2.33. The number of thiophene rings is 1. The molecule has 1 aliphatic heterocycles. The third-order valence-electron chi connectivity index (χ3n) is 4.08. The molecule has 1 aromatic heterocycles. The maximum Gasteiger partial charge on any atom is 0.314 e. The maximum atomic E-state index is 12.5. The fraction of sp³-hybridized carbons (Fsp3) is 0.353. The Labute approximate surface area is 145 Å². The van der Waals surface area contributed by atoms with Crippen molar-refractivity contribution in [2.75, 3.05) is 13.1 Å². The zero-order valence-corrected chi connectivity index (χ0v) is 15.0. The molecule has 24 heavy (non-hydrogen) atoms. The van der Waals surface area contributed by atoms with E-state index in [0.29, 0.717) is 35.9 Å². The summed E-state index contributed by atoms with van der Waals surface area (Å²) < 4.78 is 32.2. The molecule has 1 aromatic carbocycles. The predicted molar refractivity (Wildman–Crippen MR) is 92.6 cm³/mol. The number of benzene rings is 1. The van der Waals surface area contributed by atoms with Crippen molar-refractivity contribution in [2.24, 2.45) is 5.92 Å². The lowest BCUT2D eigenvalue weighted by Crippen LogP contribution is -2.40. The van der Waals surface area contributed by atoms with Crippen molar-refractivity contribution in [1.29, 1.82) is 0 Å². The fourth-order valence-electron chi connectivity index (χ4n) is 2.75. The first-order chi connectivity index (χ1) is 11.5. The largest absolute Gasteiger partial charge is 0.426 e. The van der Waals surface area contributed by atoms with Crippen molar-refractivity contribution in [3.63, 3.8) is 0 Å². The van der Waals surface area contributed by atoms with Gasteiger partial charge in [0.15, 0.2) is 0 Å². The molecule has 2 heterocycles. The first-order valence-electron chi connectivity index (χ1n) is 7.79. The molecule has 0 N–H and O–H groups in total. The first-order valence-corrected chi connectivity index (χ1v) is 10.1. The van der Waals surface area contributed by atoms with Gasteiger partial charge in [-0.15, -0.1) is 11.3 Å². The molecule has 3 rings (SSSR count). The molecule has 1 fully saturated rings. The van der Waals surface area contributed by atoms with Crippen LogP contribution >= 0.6 is 11.3 Å². The number of nitrogens with zero attached hydrogens (tertiary/aromatic N) is 1. The molecule has 1 saturated heterocycles. The van der Waals surface area contributed by atoms with Crippen LogP contribution in [0.1, 0.15) is 18.4 Å². The van der Waals surface area contributed by atoms with Gasteiger partial charge in [0.2, 0.25) is 0 Å². The van der Waals surface area contributed by atoms with Gasteiger partial charge in [-0.2, -0.15) is 4.31 Å². The van der Waals surface area contributed by atoms with Gasteiger partial charge in [0.25, 0.3) is 10.0 Å². The lowest BCUT2D eigenvalue weighted by atomic mass is 9.98. The van der Waals surface area contributed by atoms with Gasteiger partial charge in [0.05, 0.1) is 5.92 Å². The van der Waals surface area contributed by atoms with Gasteiger partial charge in [-0.1, -0.05) is 18.2 Å². The molecular weight excluding hydrogens is 346 g/mol. The second-order valence-corrected chi connectivity index (χ2v) is 8.96. The van der Waals surface area contributed by atoms with E-state index in [1.165, 1.54) is 15.6 Å². The molecule has 128 valence electrons. The van der Waals surface area contributed by atoms with Crippen LogP contribution in [-0.2, 0) is 14.8 Å². The smallest absolute Gasteiger partial charge is 0.314 e. The number of aryl methyl sites for hydroxylation is 1. The van der Waals surface area contributed by atoms with E-state index in [1.807, 2.05) is 25.1 Å². The van der Waals surface area contributed by atoms with E-state index < -0.39 is 10.0 Å². The van der Waals surface area contributed by atoms with Crippen LogP contribution in [0.3, 0.4) is 0 Å². The van der Waals surface area contributed by atoms with Crippen molar-refractivity contribution in [3.05, 3.63) is 47.3 Å². The highest BCUT2D eigenvalue weighted by molar-refractivity contribution is 7.91. The minimum atomic E-state index is -3.43. The number of carbonyl (C=O) groups excluding carboxylic acids is 1. The van der Waals surface area contributed by atoms with Gasteiger partial charge < -0.3 is 4.74 Å². The minimum absolute atomic E-state index is 0.264. The summed E-state index contributed by atoms with van der Waals surface area (Å²) in [5, 5.41) is 1.75. The summed E-state index contributed by atoms with van der Waals surface area (Å²) in [6.07, 6.45) is 0.963. The van der Waals surface area contributed by atoms with Crippen LogP contribution in [0.5, 0.6) is 5.75 Å². The lowest BCUT2D eigenvalue weighted by molar-refractivity contribution is -0.140. The third kappa shape index (κ3) is 3.68. The Morgan fingerprint density at radius 1 is 1.21 bits per heavy atom. The summed E-state index contributed by atoms with van der Waals surface area (Å²) >= 11 is 1.21. The van der Waals surface area contributed by atoms with Gasteiger partial charge in [0, 0.05) is 13.1 Å². The van der Waals surface area contributed by atoms with Crippen LogP contribution in [0.4, 0.5) is 0 Å². The van der Waals surface area contributed by atoms with E-state index in [-0.39, 0.29) is 11.9 Å². The second kappa shape index (κ2) is 7.04. The van der Waals surface area contributed by atoms with Crippen molar-refractivity contribution < 1.29 is 17.9 Å². The van der Waals surface area contributed by atoms with Crippen LogP contribution < -0.4 is 4.74 Å². The first kappa shape index (κ1) is 17.1. The summed E-state index contributed by atoms with van der Waals surface area (Å²) in [5.74, 6) is -0.0114. The standard InChI is InChI=1S/C17H19NO4S2/c1-13-4-2-5-15(12-13)22-17(19)14-7-9-18(10-8-14)24(20,21)16-6-3-11-23-16/h2-6,11-12,14H,7-10H2,1H3. The fourth-order valence-corrected chi connectivity index (χ4v) is 5.36. The summed E-state index contributed by atoms with van der Waals surface area (Å²) in [4.78, 5) is 12.3. The molecule has 1 aliphatic rings.